The molecule has 0 amide bonds. The lowest BCUT2D eigenvalue weighted by Crippen LogP contribution is -2.14. The molecular formula is C24H26N4S. The SMILES string of the molecule is Cc1cc2c(NCCCc3ccc(-c4ccccc4)cc3)nc(N(C)C)nc2s1. The number of nitrogens with zero attached hydrogens (tertiary/aromatic N) is 3. The van der Waals surface area contributed by atoms with E-state index < -0.39 is 0 Å². The maximum Gasteiger partial charge on any atom is 0.228 e. The summed E-state index contributed by atoms with van der Waals surface area (Å²) in [5.41, 5.74) is 3.89. The van der Waals surface area contributed by atoms with Gasteiger partial charge in [-0.1, -0.05) is 54.6 Å². The van der Waals surface area contributed by atoms with E-state index in [-0.39, 0.29) is 0 Å². The number of rotatable bonds is 7. The minimum absolute atomic E-state index is 0.748. The molecule has 4 rings (SSSR count). The lowest BCUT2D eigenvalue weighted by Gasteiger charge is -2.13. The van der Waals surface area contributed by atoms with Gasteiger partial charge in [-0.3, -0.25) is 0 Å². The highest BCUT2D eigenvalue weighted by Crippen LogP contribution is 2.30. The van der Waals surface area contributed by atoms with Crippen molar-refractivity contribution in [3.63, 3.8) is 0 Å². The first-order valence-corrected chi connectivity index (χ1v) is 10.8. The van der Waals surface area contributed by atoms with E-state index in [1.807, 2.05) is 19.0 Å². The van der Waals surface area contributed by atoms with E-state index in [1.165, 1.54) is 21.6 Å². The molecule has 148 valence electrons. The number of thiophene rings is 1. The van der Waals surface area contributed by atoms with Crippen LogP contribution in [-0.2, 0) is 6.42 Å². The molecule has 4 aromatic rings. The van der Waals surface area contributed by atoms with Crippen LogP contribution in [0.2, 0.25) is 0 Å². The lowest BCUT2D eigenvalue weighted by atomic mass is 10.0. The van der Waals surface area contributed by atoms with E-state index in [4.69, 9.17) is 4.98 Å². The highest BCUT2D eigenvalue weighted by molar-refractivity contribution is 7.18. The van der Waals surface area contributed by atoms with E-state index >= 15 is 0 Å². The summed E-state index contributed by atoms with van der Waals surface area (Å²) in [5.74, 6) is 1.68. The van der Waals surface area contributed by atoms with E-state index in [2.05, 4.69) is 77.9 Å². The van der Waals surface area contributed by atoms with Gasteiger partial charge in [0.15, 0.2) is 0 Å². The molecular weight excluding hydrogens is 376 g/mol. The zero-order valence-electron chi connectivity index (χ0n) is 17.1. The molecule has 0 aliphatic rings. The number of nitrogens with one attached hydrogen (secondary N) is 1. The molecule has 0 atom stereocenters. The summed E-state index contributed by atoms with van der Waals surface area (Å²) in [6.45, 7) is 3.00. The molecule has 0 radical (unpaired) electrons. The van der Waals surface area contributed by atoms with Gasteiger partial charge in [-0.05, 0) is 42.5 Å². The lowest BCUT2D eigenvalue weighted by molar-refractivity contribution is 0.858. The number of aryl methyl sites for hydroxylation is 2. The Hall–Kier alpha value is -2.92. The number of fused-ring (bicyclic) bond motifs is 1. The average molecular weight is 403 g/mol. The Bertz CT molecular complexity index is 1090. The fourth-order valence-electron chi connectivity index (χ4n) is 3.36. The Morgan fingerprint density at radius 2 is 1.66 bits per heavy atom. The first-order valence-electron chi connectivity index (χ1n) is 9.94. The monoisotopic (exact) mass is 402 g/mol. The van der Waals surface area contributed by atoms with Crippen molar-refractivity contribution in [2.24, 2.45) is 0 Å². The van der Waals surface area contributed by atoms with Gasteiger partial charge in [0.2, 0.25) is 5.95 Å². The van der Waals surface area contributed by atoms with Gasteiger partial charge in [0, 0.05) is 25.5 Å². The van der Waals surface area contributed by atoms with Crippen molar-refractivity contribution in [2.75, 3.05) is 30.9 Å². The number of anilines is 2. The number of hydrogen-bond donors (Lipinski definition) is 1. The van der Waals surface area contributed by atoms with Gasteiger partial charge < -0.3 is 10.2 Å². The first kappa shape index (κ1) is 19.4. The minimum atomic E-state index is 0.748. The zero-order chi connectivity index (χ0) is 20.2. The van der Waals surface area contributed by atoms with Crippen LogP contribution in [0, 0.1) is 6.92 Å². The normalized spacial score (nSPS) is 11.0. The quantitative estimate of drug-likeness (QED) is 0.398. The summed E-state index contributed by atoms with van der Waals surface area (Å²) in [6, 6.07) is 21.6. The van der Waals surface area contributed by atoms with Crippen LogP contribution >= 0.6 is 11.3 Å². The van der Waals surface area contributed by atoms with Gasteiger partial charge in [0.05, 0.1) is 5.39 Å². The van der Waals surface area contributed by atoms with Crippen molar-refractivity contribution in [1.29, 1.82) is 0 Å². The van der Waals surface area contributed by atoms with Gasteiger partial charge in [-0.25, -0.2) is 4.98 Å². The van der Waals surface area contributed by atoms with E-state index in [0.29, 0.717) is 0 Å². The predicted octanol–water partition coefficient (Wildman–Crippen LogP) is 5.78. The Morgan fingerprint density at radius 3 is 2.38 bits per heavy atom. The van der Waals surface area contributed by atoms with Gasteiger partial charge in [-0.15, -0.1) is 11.3 Å². The van der Waals surface area contributed by atoms with Crippen molar-refractivity contribution < 1.29 is 0 Å². The Balaban J connectivity index is 1.38. The van der Waals surface area contributed by atoms with Gasteiger partial charge >= 0.3 is 0 Å². The summed E-state index contributed by atoms with van der Waals surface area (Å²) in [6.07, 6.45) is 2.09. The summed E-state index contributed by atoms with van der Waals surface area (Å²) >= 11 is 1.72. The molecule has 2 aromatic heterocycles. The molecule has 4 nitrogen and oxygen atoms in total. The van der Waals surface area contributed by atoms with Crippen LogP contribution in [-0.4, -0.2) is 30.6 Å². The van der Waals surface area contributed by atoms with Crippen LogP contribution in [0.5, 0.6) is 0 Å². The van der Waals surface area contributed by atoms with Gasteiger partial charge in [0.1, 0.15) is 10.6 Å². The molecule has 2 heterocycles. The van der Waals surface area contributed by atoms with Crippen LogP contribution in [0.3, 0.4) is 0 Å². The largest absolute Gasteiger partial charge is 0.369 e. The molecule has 0 saturated carbocycles. The molecule has 0 unspecified atom stereocenters. The van der Waals surface area contributed by atoms with Crippen molar-refractivity contribution in [2.45, 2.75) is 19.8 Å². The molecule has 0 saturated heterocycles. The Morgan fingerprint density at radius 1 is 0.931 bits per heavy atom. The molecule has 29 heavy (non-hydrogen) atoms. The second-order valence-corrected chi connectivity index (χ2v) is 8.67. The Labute approximate surface area is 176 Å². The summed E-state index contributed by atoms with van der Waals surface area (Å²) in [7, 11) is 3.95. The van der Waals surface area contributed by atoms with Crippen molar-refractivity contribution in [3.05, 3.63) is 71.1 Å². The minimum Gasteiger partial charge on any atom is -0.369 e. The van der Waals surface area contributed by atoms with E-state index in [0.717, 1.165) is 41.4 Å². The van der Waals surface area contributed by atoms with Crippen molar-refractivity contribution in [3.8, 4) is 11.1 Å². The summed E-state index contributed by atoms with van der Waals surface area (Å²) in [4.78, 5) is 13.6. The Kier molecular flexibility index (Phi) is 5.76. The highest BCUT2D eigenvalue weighted by Gasteiger charge is 2.11. The predicted molar refractivity (Wildman–Crippen MR) is 125 cm³/mol. The summed E-state index contributed by atoms with van der Waals surface area (Å²) in [5, 5.41) is 4.65. The van der Waals surface area contributed by atoms with Gasteiger partial charge in [0.25, 0.3) is 0 Å². The number of hydrogen-bond acceptors (Lipinski definition) is 5. The number of benzene rings is 2. The maximum atomic E-state index is 4.71. The second-order valence-electron chi connectivity index (χ2n) is 7.44. The van der Waals surface area contributed by atoms with Crippen LogP contribution in [0.4, 0.5) is 11.8 Å². The highest BCUT2D eigenvalue weighted by atomic mass is 32.1. The van der Waals surface area contributed by atoms with E-state index in [1.54, 1.807) is 11.3 Å². The van der Waals surface area contributed by atoms with Crippen LogP contribution < -0.4 is 10.2 Å². The van der Waals surface area contributed by atoms with Crippen LogP contribution in [0.15, 0.2) is 60.7 Å². The molecule has 5 heteroatoms. The average Bonchev–Trinajstić information content (AvgIpc) is 3.12. The molecule has 0 bridgehead atoms. The molecule has 0 fully saturated rings. The fourth-order valence-corrected chi connectivity index (χ4v) is 4.23. The molecule has 0 aliphatic heterocycles. The third kappa shape index (κ3) is 4.57. The third-order valence-corrected chi connectivity index (χ3v) is 5.84. The first-order chi connectivity index (χ1) is 14.1. The number of aromatic nitrogens is 2. The van der Waals surface area contributed by atoms with Crippen molar-refractivity contribution in [1.82, 2.24) is 9.97 Å². The summed E-state index contributed by atoms with van der Waals surface area (Å²) < 4.78 is 0. The third-order valence-electron chi connectivity index (χ3n) is 4.90. The molecule has 0 spiro atoms. The van der Waals surface area contributed by atoms with Crippen LogP contribution in [0.1, 0.15) is 16.9 Å². The maximum absolute atomic E-state index is 4.71. The molecule has 0 aliphatic carbocycles. The second kappa shape index (κ2) is 8.62. The standard InChI is InChI=1S/C24H26N4S/c1-17-16-21-22(26-24(28(2)3)27-23(21)29-17)25-15-7-8-18-11-13-20(14-12-18)19-9-5-4-6-10-19/h4-6,9-14,16H,7-8,15H2,1-3H3,(H,25,26,27). The molecule has 1 N–H and O–H groups in total. The van der Waals surface area contributed by atoms with Crippen molar-refractivity contribution >= 4 is 33.3 Å². The van der Waals surface area contributed by atoms with Crippen LogP contribution in [0.25, 0.3) is 21.3 Å². The van der Waals surface area contributed by atoms with E-state index in [9.17, 15) is 0 Å². The fraction of sp³-hybridized carbons (Fsp3) is 0.250. The molecule has 2 aromatic carbocycles. The topological polar surface area (TPSA) is 41.1 Å². The van der Waals surface area contributed by atoms with Gasteiger partial charge in [-0.2, -0.15) is 4.98 Å². The zero-order valence-corrected chi connectivity index (χ0v) is 18.0. The smallest absolute Gasteiger partial charge is 0.228 e.